The fourth-order valence-corrected chi connectivity index (χ4v) is 1.45. The van der Waals surface area contributed by atoms with Gasteiger partial charge in [-0.25, -0.2) is 0 Å². The minimum Gasteiger partial charge on any atom is -0.494 e. The highest BCUT2D eigenvalue weighted by atomic mass is 127. The fraction of sp³-hybridized carbons (Fsp3) is 0.333. The summed E-state index contributed by atoms with van der Waals surface area (Å²) < 4.78 is 10.7. The highest BCUT2D eigenvalue weighted by molar-refractivity contribution is 14.2. The van der Waals surface area contributed by atoms with Gasteiger partial charge in [0, 0.05) is 0 Å². The first-order valence-electron chi connectivity index (χ1n) is 3.96. The number of hydrogen-bond donors (Lipinski definition) is 0. The molecule has 1 aromatic rings. The van der Waals surface area contributed by atoms with Crippen LogP contribution in [0.3, 0.4) is 0 Å². The van der Waals surface area contributed by atoms with Gasteiger partial charge in [-0.3, -0.25) is 0 Å². The van der Waals surface area contributed by atoms with Gasteiger partial charge in [-0.15, -0.1) is 0 Å². The first kappa shape index (κ1) is 11.0. The summed E-state index contributed by atoms with van der Waals surface area (Å²) in [5.41, 5.74) is 0. The number of rotatable bonds is 5. The third-order valence-electron chi connectivity index (χ3n) is 1.40. The first-order chi connectivity index (χ1) is 6.36. The van der Waals surface area contributed by atoms with Crippen molar-refractivity contribution in [3.8, 4) is 11.5 Å². The zero-order chi connectivity index (χ0) is 9.52. The van der Waals surface area contributed by atoms with Crippen molar-refractivity contribution >= 4 is 30.1 Å². The van der Waals surface area contributed by atoms with Gasteiger partial charge >= 0.3 is 0 Å². The van der Waals surface area contributed by atoms with Gasteiger partial charge in [0.05, 0.1) is 6.61 Å². The Morgan fingerprint density at radius 1 is 1.15 bits per heavy atom. The monoisotopic (exact) mass is 310 g/mol. The van der Waals surface area contributed by atoms with E-state index in [0.717, 1.165) is 11.5 Å². The van der Waals surface area contributed by atoms with Crippen LogP contribution in [0.15, 0.2) is 24.3 Å². The molecule has 2 nitrogen and oxygen atoms in total. The van der Waals surface area contributed by atoms with Crippen LogP contribution >= 0.6 is 30.1 Å². The van der Waals surface area contributed by atoms with Crippen molar-refractivity contribution in [3.05, 3.63) is 24.3 Å². The summed E-state index contributed by atoms with van der Waals surface area (Å²) in [6.07, 6.45) is 0. The van der Waals surface area contributed by atoms with Gasteiger partial charge in [-0.05, 0) is 61.3 Å². The van der Waals surface area contributed by atoms with E-state index < -0.39 is 0 Å². The van der Waals surface area contributed by atoms with Crippen molar-refractivity contribution < 1.29 is 9.47 Å². The molecule has 0 radical (unpaired) electrons. The maximum atomic E-state index is 5.39. The van der Waals surface area contributed by atoms with E-state index in [-0.39, 0.29) is 0 Å². The maximum absolute atomic E-state index is 5.39. The van der Waals surface area contributed by atoms with Crippen molar-refractivity contribution in [2.24, 2.45) is 0 Å². The van der Waals surface area contributed by atoms with Crippen LogP contribution in [0.25, 0.3) is 0 Å². The summed E-state index contributed by atoms with van der Waals surface area (Å²) >= 11 is 2.20. The van der Waals surface area contributed by atoms with E-state index >= 15 is 0 Å². The van der Waals surface area contributed by atoms with E-state index in [1.165, 1.54) is 0 Å². The van der Waals surface area contributed by atoms with Gasteiger partial charge in [-0.1, -0.05) is 0 Å². The molecule has 0 saturated heterocycles. The lowest BCUT2D eigenvalue weighted by atomic mass is 10.3. The molecule has 4 heteroatoms. The van der Waals surface area contributed by atoms with Crippen molar-refractivity contribution in [1.29, 1.82) is 0 Å². The molecular weight excluding hydrogens is 299 g/mol. The molecule has 0 N–H and O–H groups in total. The zero-order valence-electron chi connectivity index (χ0n) is 7.33. The highest BCUT2D eigenvalue weighted by Crippen LogP contribution is 2.19. The summed E-state index contributed by atoms with van der Waals surface area (Å²) in [7, 11) is 1.63. The highest BCUT2D eigenvalue weighted by Gasteiger charge is 1.94. The van der Waals surface area contributed by atoms with Crippen LogP contribution in [0.4, 0.5) is 0 Å². The molecule has 0 bridgehead atoms. The van der Waals surface area contributed by atoms with E-state index in [1.807, 2.05) is 31.2 Å². The van der Waals surface area contributed by atoms with E-state index in [2.05, 4.69) is 21.2 Å². The lowest BCUT2D eigenvalue weighted by Gasteiger charge is -2.05. The first-order valence-corrected chi connectivity index (χ1v) is 7.49. The van der Waals surface area contributed by atoms with Crippen LogP contribution in [0, 0.1) is 0 Å². The SMILES string of the molecule is CCOc1ccc(OCSI)cc1. The number of halogens is 1. The largest absolute Gasteiger partial charge is 0.494 e. The second-order valence-corrected chi connectivity index (χ2v) is 4.60. The van der Waals surface area contributed by atoms with Gasteiger partial charge < -0.3 is 9.47 Å². The molecule has 0 aliphatic heterocycles. The Hall–Kier alpha value is -0.100. The summed E-state index contributed by atoms with van der Waals surface area (Å²) in [6.45, 7) is 2.67. The number of hydrogen-bond acceptors (Lipinski definition) is 3. The van der Waals surface area contributed by atoms with Crippen LogP contribution < -0.4 is 9.47 Å². The van der Waals surface area contributed by atoms with E-state index in [9.17, 15) is 0 Å². The number of ether oxygens (including phenoxy) is 2. The van der Waals surface area contributed by atoms with Gasteiger partial charge in [-0.2, -0.15) is 0 Å². The third kappa shape index (κ3) is 4.08. The molecule has 0 aliphatic carbocycles. The van der Waals surface area contributed by atoms with Gasteiger partial charge in [0.1, 0.15) is 17.4 Å². The average molecular weight is 310 g/mol. The Labute approximate surface area is 94.6 Å². The van der Waals surface area contributed by atoms with E-state index in [4.69, 9.17) is 9.47 Å². The molecule has 0 saturated carbocycles. The van der Waals surface area contributed by atoms with Gasteiger partial charge in [0.15, 0.2) is 0 Å². The number of benzene rings is 1. The lowest BCUT2D eigenvalue weighted by molar-refractivity contribution is 0.338. The standard InChI is InChI=1S/C9H11IO2S/c1-2-11-8-3-5-9(6-4-8)12-7-13-10/h3-6H,2,7H2,1H3. The van der Waals surface area contributed by atoms with Crippen LogP contribution in [0.2, 0.25) is 0 Å². The molecule has 0 atom stereocenters. The smallest absolute Gasteiger partial charge is 0.143 e. The Morgan fingerprint density at radius 2 is 1.69 bits per heavy atom. The quantitative estimate of drug-likeness (QED) is 0.612. The van der Waals surface area contributed by atoms with Crippen LogP contribution in [0.1, 0.15) is 6.92 Å². The van der Waals surface area contributed by atoms with Crippen LogP contribution in [0.5, 0.6) is 11.5 Å². The Kier molecular flexibility index (Phi) is 5.38. The van der Waals surface area contributed by atoms with Crippen molar-refractivity contribution in [1.82, 2.24) is 0 Å². The van der Waals surface area contributed by atoms with Gasteiger partial charge in [0.2, 0.25) is 0 Å². The molecule has 0 unspecified atom stereocenters. The predicted octanol–water partition coefficient (Wildman–Crippen LogP) is 3.50. The molecule has 0 amide bonds. The van der Waals surface area contributed by atoms with Crippen molar-refractivity contribution in [3.63, 3.8) is 0 Å². The molecular formula is C9H11IO2S. The Morgan fingerprint density at radius 3 is 2.15 bits per heavy atom. The van der Waals surface area contributed by atoms with Crippen LogP contribution in [-0.2, 0) is 0 Å². The van der Waals surface area contributed by atoms with E-state index in [1.54, 1.807) is 8.93 Å². The Balaban J connectivity index is 2.48. The summed E-state index contributed by atoms with van der Waals surface area (Å²) in [5.74, 6) is 2.44. The average Bonchev–Trinajstić information content (AvgIpc) is 2.17. The van der Waals surface area contributed by atoms with Crippen molar-refractivity contribution in [2.45, 2.75) is 6.92 Å². The van der Waals surface area contributed by atoms with Gasteiger partial charge in [0.25, 0.3) is 0 Å². The second kappa shape index (κ2) is 6.37. The molecule has 0 aliphatic rings. The minimum absolute atomic E-state index is 0.675. The second-order valence-electron chi connectivity index (χ2n) is 2.28. The molecule has 13 heavy (non-hydrogen) atoms. The minimum atomic E-state index is 0.675. The predicted molar refractivity (Wildman–Crippen MR) is 64.7 cm³/mol. The molecule has 0 spiro atoms. The summed E-state index contributed by atoms with van der Waals surface area (Å²) in [5, 5.41) is 0. The van der Waals surface area contributed by atoms with E-state index in [0.29, 0.717) is 12.5 Å². The summed E-state index contributed by atoms with van der Waals surface area (Å²) in [4.78, 5) is 0. The third-order valence-corrected chi connectivity index (χ3v) is 2.37. The molecule has 1 rings (SSSR count). The topological polar surface area (TPSA) is 18.5 Å². The Bertz CT molecular complexity index is 238. The fourth-order valence-electron chi connectivity index (χ4n) is 0.889. The lowest BCUT2D eigenvalue weighted by Crippen LogP contribution is -1.92. The zero-order valence-corrected chi connectivity index (χ0v) is 10.3. The van der Waals surface area contributed by atoms with Crippen LogP contribution in [-0.4, -0.2) is 12.5 Å². The maximum Gasteiger partial charge on any atom is 0.143 e. The van der Waals surface area contributed by atoms with Crippen molar-refractivity contribution in [2.75, 3.05) is 12.5 Å². The molecule has 0 aromatic heterocycles. The molecule has 1 aromatic carbocycles. The molecule has 72 valence electrons. The molecule has 0 heterocycles. The normalized spacial score (nSPS) is 9.69. The molecule has 0 fully saturated rings. The summed E-state index contributed by atoms with van der Waals surface area (Å²) in [6, 6.07) is 7.66.